The molecule has 17 nitrogen and oxygen atoms in total. The maximum absolute atomic E-state index is 13.0. The minimum Gasteiger partial charge on any atom is -0.462 e. The van der Waals surface area contributed by atoms with E-state index in [1.807, 2.05) is 0 Å². The standard InChI is InChI=1S/C69H134O17P2/c1-6-10-13-16-18-20-22-23-24-28-31-35-38-43-48-53-67(72)80-59-65(86-69(74)55-50-45-40-36-32-29-26-25-27-30-33-37-42-46-51-62(5)9-4)61-84-88(77,78)82-57-63(70)56-81-87(75,76)83-60-64(58-79-66(71)52-47-41-15-12-8-3)85-68(73)54-49-44-39-34-21-19-17-14-11-7-2/h62-65,70H,6-61H2,1-5H3,(H,75,76)(H,77,78)/t62?,63-,64+,65+/m0/s1. The summed E-state index contributed by atoms with van der Waals surface area (Å²) >= 11 is 0. The Labute approximate surface area is 537 Å². The Bertz CT molecular complexity index is 1710. The monoisotopic (exact) mass is 1300 g/mol. The van der Waals surface area contributed by atoms with Crippen molar-refractivity contribution in [3.8, 4) is 0 Å². The number of aliphatic hydroxyl groups is 1. The number of carbonyl (C=O) groups is 4. The number of rotatable bonds is 69. The van der Waals surface area contributed by atoms with E-state index in [0.29, 0.717) is 25.7 Å². The van der Waals surface area contributed by atoms with Crippen LogP contribution in [0.4, 0.5) is 0 Å². The summed E-state index contributed by atoms with van der Waals surface area (Å²) in [5.74, 6) is -1.29. The van der Waals surface area contributed by atoms with Gasteiger partial charge in [0.1, 0.15) is 19.3 Å². The molecule has 0 spiro atoms. The van der Waals surface area contributed by atoms with Gasteiger partial charge in [0.25, 0.3) is 0 Å². The minimum absolute atomic E-state index is 0.106. The van der Waals surface area contributed by atoms with E-state index in [0.717, 1.165) is 102 Å². The van der Waals surface area contributed by atoms with Gasteiger partial charge in [0.15, 0.2) is 12.2 Å². The summed E-state index contributed by atoms with van der Waals surface area (Å²) in [4.78, 5) is 72.2. The van der Waals surface area contributed by atoms with Crippen LogP contribution in [0.3, 0.4) is 0 Å². The van der Waals surface area contributed by atoms with Gasteiger partial charge in [-0.2, -0.15) is 0 Å². The lowest BCUT2D eigenvalue weighted by molar-refractivity contribution is -0.161. The molecular weight excluding hydrogens is 1160 g/mol. The second kappa shape index (κ2) is 62.5. The van der Waals surface area contributed by atoms with Gasteiger partial charge in [0, 0.05) is 25.7 Å². The number of carbonyl (C=O) groups excluding carboxylic acids is 4. The molecule has 88 heavy (non-hydrogen) atoms. The van der Waals surface area contributed by atoms with Crippen LogP contribution >= 0.6 is 15.6 Å². The Hall–Kier alpha value is -1.94. The van der Waals surface area contributed by atoms with Crippen LogP contribution in [-0.4, -0.2) is 96.7 Å². The molecule has 3 N–H and O–H groups in total. The zero-order valence-electron chi connectivity index (χ0n) is 56.9. The van der Waals surface area contributed by atoms with E-state index < -0.39 is 97.5 Å². The number of unbranched alkanes of at least 4 members (excludes halogenated alkanes) is 40. The number of hydrogen-bond acceptors (Lipinski definition) is 15. The maximum Gasteiger partial charge on any atom is 0.472 e. The number of ether oxygens (including phenoxy) is 4. The van der Waals surface area contributed by atoms with E-state index in [4.69, 9.17) is 37.0 Å². The third kappa shape index (κ3) is 61.6. The lowest BCUT2D eigenvalue weighted by Gasteiger charge is -2.21. The van der Waals surface area contributed by atoms with Crippen molar-refractivity contribution in [2.24, 2.45) is 5.92 Å². The van der Waals surface area contributed by atoms with Crippen LogP contribution in [0.5, 0.6) is 0 Å². The zero-order valence-corrected chi connectivity index (χ0v) is 58.6. The number of phosphoric ester groups is 2. The summed E-state index contributed by atoms with van der Waals surface area (Å²) in [7, 11) is -9.89. The fraction of sp³-hybridized carbons (Fsp3) is 0.942. The van der Waals surface area contributed by atoms with Crippen molar-refractivity contribution < 1.29 is 80.2 Å². The second-order valence-corrected chi connectivity index (χ2v) is 28.1. The molecule has 0 aliphatic heterocycles. The van der Waals surface area contributed by atoms with E-state index >= 15 is 0 Å². The topological polar surface area (TPSA) is 237 Å². The summed E-state index contributed by atoms with van der Waals surface area (Å²) in [5.41, 5.74) is 0. The Kier molecular flexibility index (Phi) is 61.1. The Morgan fingerprint density at radius 3 is 0.807 bits per heavy atom. The van der Waals surface area contributed by atoms with Crippen LogP contribution in [0, 0.1) is 5.92 Å². The number of phosphoric acid groups is 2. The molecule has 0 heterocycles. The molecule has 0 aromatic rings. The average Bonchev–Trinajstić information content (AvgIpc) is 3.67. The van der Waals surface area contributed by atoms with E-state index in [-0.39, 0.29) is 25.7 Å². The molecule has 19 heteroatoms. The highest BCUT2D eigenvalue weighted by molar-refractivity contribution is 7.47. The molecule has 0 aromatic heterocycles. The molecule has 6 atom stereocenters. The van der Waals surface area contributed by atoms with Crippen molar-refractivity contribution in [1.82, 2.24) is 0 Å². The molecule has 0 aliphatic carbocycles. The quantitative estimate of drug-likeness (QED) is 0.0222. The van der Waals surface area contributed by atoms with E-state index in [2.05, 4.69) is 34.6 Å². The highest BCUT2D eigenvalue weighted by Crippen LogP contribution is 2.45. The van der Waals surface area contributed by atoms with Crippen molar-refractivity contribution >= 4 is 39.5 Å². The van der Waals surface area contributed by atoms with Crippen LogP contribution in [0.1, 0.15) is 356 Å². The molecule has 0 rings (SSSR count). The molecular formula is C69H134O17P2. The normalized spacial score (nSPS) is 14.4. The van der Waals surface area contributed by atoms with Gasteiger partial charge < -0.3 is 33.8 Å². The lowest BCUT2D eigenvalue weighted by Crippen LogP contribution is -2.30. The first-order chi connectivity index (χ1) is 42.6. The fourth-order valence-corrected chi connectivity index (χ4v) is 12.0. The Morgan fingerprint density at radius 1 is 0.318 bits per heavy atom. The Balaban J connectivity index is 5.15. The van der Waals surface area contributed by atoms with Gasteiger partial charge >= 0.3 is 39.5 Å². The number of esters is 4. The van der Waals surface area contributed by atoms with Gasteiger partial charge in [-0.25, -0.2) is 9.13 Å². The predicted molar refractivity (Wildman–Crippen MR) is 354 cm³/mol. The predicted octanol–water partition coefficient (Wildman–Crippen LogP) is 19.7. The first-order valence-corrected chi connectivity index (χ1v) is 39.2. The molecule has 3 unspecified atom stereocenters. The molecule has 0 amide bonds. The summed E-state index contributed by atoms with van der Waals surface area (Å²) < 4.78 is 68.0. The van der Waals surface area contributed by atoms with Gasteiger partial charge in [-0.3, -0.25) is 37.3 Å². The van der Waals surface area contributed by atoms with Crippen LogP contribution < -0.4 is 0 Å². The van der Waals surface area contributed by atoms with Crippen LogP contribution in [-0.2, 0) is 65.4 Å². The van der Waals surface area contributed by atoms with Gasteiger partial charge in [-0.1, -0.05) is 304 Å². The minimum atomic E-state index is -4.95. The Morgan fingerprint density at radius 2 is 0.545 bits per heavy atom. The molecule has 0 fully saturated rings. The van der Waals surface area contributed by atoms with E-state index in [1.54, 1.807) is 0 Å². The van der Waals surface area contributed by atoms with Gasteiger partial charge in [0.05, 0.1) is 26.4 Å². The van der Waals surface area contributed by atoms with Crippen molar-refractivity contribution in [1.29, 1.82) is 0 Å². The molecule has 0 bridgehead atoms. The van der Waals surface area contributed by atoms with Crippen molar-refractivity contribution in [2.45, 2.75) is 374 Å². The first kappa shape index (κ1) is 86.1. The lowest BCUT2D eigenvalue weighted by atomic mass is 9.99. The zero-order chi connectivity index (χ0) is 64.9. The van der Waals surface area contributed by atoms with Gasteiger partial charge in [-0.15, -0.1) is 0 Å². The number of aliphatic hydroxyl groups excluding tert-OH is 1. The number of hydrogen-bond donors (Lipinski definition) is 3. The van der Waals surface area contributed by atoms with Crippen molar-refractivity contribution in [3.05, 3.63) is 0 Å². The third-order valence-electron chi connectivity index (χ3n) is 16.4. The maximum atomic E-state index is 13.0. The highest BCUT2D eigenvalue weighted by atomic mass is 31.2. The average molecular weight is 1300 g/mol. The van der Waals surface area contributed by atoms with Crippen LogP contribution in [0.25, 0.3) is 0 Å². The summed E-state index contributed by atoms with van der Waals surface area (Å²) in [6, 6.07) is 0. The van der Waals surface area contributed by atoms with Crippen LogP contribution in [0.2, 0.25) is 0 Å². The summed E-state index contributed by atoms with van der Waals surface area (Å²) in [6.07, 6.45) is 48.9. The fourth-order valence-electron chi connectivity index (χ4n) is 10.4. The van der Waals surface area contributed by atoms with Gasteiger partial charge in [-0.05, 0) is 31.6 Å². The molecule has 522 valence electrons. The molecule has 0 saturated heterocycles. The molecule has 0 aliphatic rings. The van der Waals surface area contributed by atoms with Crippen LogP contribution in [0.15, 0.2) is 0 Å². The van der Waals surface area contributed by atoms with E-state index in [1.165, 1.54) is 173 Å². The molecule has 0 aromatic carbocycles. The molecule has 0 radical (unpaired) electrons. The van der Waals surface area contributed by atoms with Crippen molar-refractivity contribution in [3.63, 3.8) is 0 Å². The summed E-state index contributed by atoms with van der Waals surface area (Å²) in [6.45, 7) is 7.20. The van der Waals surface area contributed by atoms with Gasteiger partial charge in [0.2, 0.25) is 0 Å². The van der Waals surface area contributed by atoms with E-state index in [9.17, 15) is 43.2 Å². The molecule has 0 saturated carbocycles. The second-order valence-electron chi connectivity index (χ2n) is 25.2. The largest absolute Gasteiger partial charge is 0.472 e. The SMILES string of the molecule is CCCCCCCCCCCCCCCCCC(=O)OC[C@H](COP(=O)(O)OC[C@@H](O)COP(=O)(O)OC[C@@H](COC(=O)CCCCCCC)OC(=O)CCCCCCCCCCCC)OC(=O)CCCCCCCCCCCCCCCCC(C)CC. The third-order valence-corrected chi connectivity index (χ3v) is 18.3. The van der Waals surface area contributed by atoms with Crippen molar-refractivity contribution in [2.75, 3.05) is 39.6 Å². The summed E-state index contributed by atoms with van der Waals surface area (Å²) in [5, 5.41) is 10.5. The smallest absolute Gasteiger partial charge is 0.462 e. The first-order valence-electron chi connectivity index (χ1n) is 36.2. The highest BCUT2D eigenvalue weighted by Gasteiger charge is 2.30.